The molecule has 24 heavy (non-hydrogen) atoms. The summed E-state index contributed by atoms with van der Waals surface area (Å²) in [5, 5.41) is 2.59. The summed E-state index contributed by atoms with van der Waals surface area (Å²) in [6.07, 6.45) is 1.38. The lowest BCUT2D eigenvalue weighted by Gasteiger charge is -2.26. The second-order valence-electron chi connectivity index (χ2n) is 5.32. The van der Waals surface area contributed by atoms with Gasteiger partial charge >= 0.3 is 6.03 Å². The maximum atomic E-state index is 12.7. The zero-order valence-electron chi connectivity index (χ0n) is 12.7. The maximum Gasteiger partial charge on any atom is 0.335 e. The summed E-state index contributed by atoms with van der Waals surface area (Å²) < 4.78 is 0. The highest BCUT2D eigenvalue weighted by molar-refractivity contribution is 6.39. The van der Waals surface area contributed by atoms with Gasteiger partial charge in [0, 0.05) is 5.02 Å². The third-order valence-corrected chi connectivity index (χ3v) is 3.91. The van der Waals surface area contributed by atoms with Crippen molar-refractivity contribution in [2.24, 2.45) is 0 Å². The van der Waals surface area contributed by atoms with Crippen LogP contribution in [0.3, 0.4) is 0 Å². The molecule has 0 unspecified atom stereocenters. The van der Waals surface area contributed by atoms with Crippen LogP contribution in [0.5, 0.6) is 0 Å². The van der Waals surface area contributed by atoms with Gasteiger partial charge in [0.05, 0.1) is 5.69 Å². The number of hydrogen-bond donors (Lipinski definition) is 1. The predicted octanol–water partition coefficient (Wildman–Crippen LogP) is 3.31. The second kappa shape index (κ2) is 6.29. The van der Waals surface area contributed by atoms with Gasteiger partial charge in [0.25, 0.3) is 11.8 Å². The van der Waals surface area contributed by atoms with E-state index in [1.807, 2.05) is 13.0 Å². The van der Waals surface area contributed by atoms with Crippen molar-refractivity contribution in [1.82, 2.24) is 5.32 Å². The summed E-state index contributed by atoms with van der Waals surface area (Å²) in [5.41, 5.74) is 1.66. The average molecular weight is 341 g/mol. The smallest absolute Gasteiger partial charge is 0.273 e. The van der Waals surface area contributed by atoms with E-state index in [0.717, 1.165) is 10.5 Å². The standard InChI is InChI=1S/C18H13ClN2O3/c1-11-5-4-7-13(9-11)21-17(23)14(16(22)20-18(21)24)10-12-6-2-3-8-15(12)19/h2-10H,1H3,(H,20,22,24)/b14-10+. The van der Waals surface area contributed by atoms with Crippen molar-refractivity contribution in [3.63, 3.8) is 0 Å². The largest absolute Gasteiger partial charge is 0.335 e. The van der Waals surface area contributed by atoms with E-state index in [0.29, 0.717) is 16.3 Å². The number of hydrogen-bond acceptors (Lipinski definition) is 3. The van der Waals surface area contributed by atoms with Crippen molar-refractivity contribution in [2.75, 3.05) is 4.90 Å². The van der Waals surface area contributed by atoms with Crippen molar-refractivity contribution in [3.05, 3.63) is 70.3 Å². The van der Waals surface area contributed by atoms with Crippen LogP contribution in [0, 0.1) is 6.92 Å². The number of imide groups is 2. The number of aryl methyl sites for hydroxylation is 1. The molecule has 0 atom stereocenters. The van der Waals surface area contributed by atoms with Gasteiger partial charge in [-0.25, -0.2) is 9.69 Å². The fourth-order valence-electron chi connectivity index (χ4n) is 2.41. The number of benzene rings is 2. The Morgan fingerprint density at radius 3 is 2.50 bits per heavy atom. The molecule has 5 nitrogen and oxygen atoms in total. The Bertz CT molecular complexity index is 889. The zero-order chi connectivity index (χ0) is 17.3. The molecule has 3 rings (SSSR count). The van der Waals surface area contributed by atoms with Crippen LogP contribution >= 0.6 is 11.6 Å². The normalized spacial score (nSPS) is 16.5. The van der Waals surface area contributed by atoms with Crippen LogP contribution in [0.1, 0.15) is 11.1 Å². The summed E-state index contributed by atoms with van der Waals surface area (Å²) >= 11 is 6.07. The van der Waals surface area contributed by atoms with E-state index in [1.165, 1.54) is 6.08 Å². The van der Waals surface area contributed by atoms with Crippen LogP contribution in [-0.4, -0.2) is 17.8 Å². The molecule has 0 saturated carbocycles. The van der Waals surface area contributed by atoms with E-state index in [9.17, 15) is 14.4 Å². The second-order valence-corrected chi connectivity index (χ2v) is 5.73. The summed E-state index contributed by atoms with van der Waals surface area (Å²) in [5.74, 6) is -1.43. The highest BCUT2D eigenvalue weighted by Gasteiger charge is 2.36. The molecule has 1 fully saturated rings. The van der Waals surface area contributed by atoms with Crippen molar-refractivity contribution in [3.8, 4) is 0 Å². The van der Waals surface area contributed by atoms with Crippen molar-refractivity contribution < 1.29 is 14.4 Å². The molecule has 0 aromatic heterocycles. The van der Waals surface area contributed by atoms with Crippen LogP contribution in [-0.2, 0) is 9.59 Å². The highest BCUT2D eigenvalue weighted by Crippen LogP contribution is 2.24. The predicted molar refractivity (Wildman–Crippen MR) is 91.6 cm³/mol. The number of nitrogens with one attached hydrogen (secondary N) is 1. The van der Waals surface area contributed by atoms with E-state index >= 15 is 0 Å². The number of carbonyl (C=O) groups excluding carboxylic acids is 3. The van der Waals surface area contributed by atoms with E-state index in [1.54, 1.807) is 42.5 Å². The summed E-state index contributed by atoms with van der Waals surface area (Å²) in [6, 6.07) is 13.0. The summed E-state index contributed by atoms with van der Waals surface area (Å²) in [6.45, 7) is 1.85. The third-order valence-electron chi connectivity index (χ3n) is 3.57. The highest BCUT2D eigenvalue weighted by atomic mass is 35.5. The molecule has 1 saturated heterocycles. The lowest BCUT2D eigenvalue weighted by atomic mass is 10.1. The van der Waals surface area contributed by atoms with Gasteiger partial charge in [-0.2, -0.15) is 0 Å². The minimum atomic E-state index is -0.771. The van der Waals surface area contributed by atoms with Crippen LogP contribution in [0.4, 0.5) is 10.5 Å². The number of nitrogens with zero attached hydrogens (tertiary/aromatic N) is 1. The van der Waals surface area contributed by atoms with Gasteiger partial charge < -0.3 is 0 Å². The van der Waals surface area contributed by atoms with Gasteiger partial charge in [-0.05, 0) is 42.3 Å². The van der Waals surface area contributed by atoms with Gasteiger partial charge in [0.15, 0.2) is 0 Å². The van der Waals surface area contributed by atoms with Gasteiger partial charge in [-0.15, -0.1) is 0 Å². The van der Waals surface area contributed by atoms with E-state index in [-0.39, 0.29) is 5.57 Å². The quantitative estimate of drug-likeness (QED) is 0.673. The van der Waals surface area contributed by atoms with Crippen LogP contribution in [0.15, 0.2) is 54.1 Å². The molecule has 0 aliphatic carbocycles. The maximum absolute atomic E-state index is 12.7. The van der Waals surface area contributed by atoms with Crippen LogP contribution in [0.25, 0.3) is 6.08 Å². The first-order valence-corrected chi connectivity index (χ1v) is 7.58. The molecular formula is C18H13ClN2O3. The first-order valence-electron chi connectivity index (χ1n) is 7.20. The first-order chi connectivity index (χ1) is 11.5. The first kappa shape index (κ1) is 16.0. The van der Waals surface area contributed by atoms with Gasteiger partial charge in [-0.3, -0.25) is 14.9 Å². The number of urea groups is 1. The lowest BCUT2D eigenvalue weighted by molar-refractivity contribution is -0.122. The molecule has 120 valence electrons. The summed E-state index contributed by atoms with van der Waals surface area (Å²) in [4.78, 5) is 37.8. The van der Waals surface area contributed by atoms with Crippen LogP contribution < -0.4 is 10.2 Å². The fraction of sp³-hybridized carbons (Fsp3) is 0.0556. The molecule has 2 aromatic carbocycles. The van der Waals surface area contributed by atoms with Gasteiger partial charge in [0.1, 0.15) is 5.57 Å². The zero-order valence-corrected chi connectivity index (χ0v) is 13.5. The minimum Gasteiger partial charge on any atom is -0.273 e. The van der Waals surface area contributed by atoms with Gasteiger partial charge in [0.2, 0.25) is 0 Å². The number of halogens is 1. The van der Waals surface area contributed by atoms with E-state index < -0.39 is 17.8 Å². The van der Waals surface area contributed by atoms with Gasteiger partial charge in [-0.1, -0.05) is 41.9 Å². The molecular weight excluding hydrogens is 328 g/mol. The monoisotopic (exact) mass is 340 g/mol. The average Bonchev–Trinajstić information content (AvgIpc) is 2.53. The van der Waals surface area contributed by atoms with Crippen molar-refractivity contribution in [1.29, 1.82) is 0 Å². The Labute approximate surface area is 143 Å². The number of rotatable bonds is 2. The topological polar surface area (TPSA) is 66.5 Å². The summed E-state index contributed by atoms with van der Waals surface area (Å²) in [7, 11) is 0. The molecule has 1 aliphatic rings. The molecule has 1 heterocycles. The molecule has 1 N–H and O–H groups in total. The Balaban J connectivity index is 2.05. The number of amides is 4. The van der Waals surface area contributed by atoms with Crippen molar-refractivity contribution in [2.45, 2.75) is 6.92 Å². The number of anilines is 1. The Morgan fingerprint density at radius 2 is 1.79 bits per heavy atom. The molecule has 0 spiro atoms. The van der Waals surface area contributed by atoms with Crippen LogP contribution in [0.2, 0.25) is 5.02 Å². The molecule has 0 bridgehead atoms. The minimum absolute atomic E-state index is 0.149. The lowest BCUT2D eigenvalue weighted by Crippen LogP contribution is -2.54. The SMILES string of the molecule is Cc1cccc(N2C(=O)NC(=O)/C(=C\c3ccccc3Cl)C2=O)c1. The number of barbiturate groups is 1. The third kappa shape index (κ3) is 2.94. The Hall–Kier alpha value is -2.92. The molecule has 1 aliphatic heterocycles. The molecule has 0 radical (unpaired) electrons. The molecule has 2 aromatic rings. The molecule has 4 amide bonds. The number of carbonyl (C=O) groups is 3. The Kier molecular flexibility index (Phi) is 4.18. The Morgan fingerprint density at radius 1 is 1.04 bits per heavy atom. The van der Waals surface area contributed by atoms with Crippen molar-refractivity contribution >= 4 is 41.2 Å². The fourth-order valence-corrected chi connectivity index (χ4v) is 2.60. The van der Waals surface area contributed by atoms with E-state index in [2.05, 4.69) is 5.32 Å². The molecule has 6 heteroatoms. The van der Waals surface area contributed by atoms with E-state index in [4.69, 9.17) is 11.6 Å².